The van der Waals surface area contributed by atoms with Crippen molar-refractivity contribution < 1.29 is 4.79 Å². The third kappa shape index (κ3) is 3.74. The fraction of sp³-hybridized carbons (Fsp3) is 0.0476. The number of nitrogens with zero attached hydrogens (tertiary/aromatic N) is 3. The van der Waals surface area contributed by atoms with Crippen LogP contribution in [-0.4, -0.2) is 21.9 Å². The standard InChI is InChI=1S/C21H16N4O2S/c26-20(23-22-13-16-9-6-12-28-16)19-17-10-4-5-11-18(17)21(27)25(24-19)14-15-7-2-1-3-8-15/h1-13H,14H2,(H,23,26). The Labute approximate surface area is 164 Å². The van der Waals surface area contributed by atoms with Crippen LogP contribution in [0.25, 0.3) is 10.8 Å². The first-order chi connectivity index (χ1) is 13.7. The number of nitrogens with one attached hydrogen (secondary N) is 1. The maximum absolute atomic E-state index is 12.8. The number of hydrogen-bond acceptors (Lipinski definition) is 5. The van der Waals surface area contributed by atoms with Gasteiger partial charge in [-0.25, -0.2) is 10.1 Å². The van der Waals surface area contributed by atoms with Gasteiger partial charge in [-0.05, 0) is 23.1 Å². The zero-order chi connectivity index (χ0) is 19.3. The summed E-state index contributed by atoms with van der Waals surface area (Å²) in [6.07, 6.45) is 1.57. The zero-order valence-corrected chi connectivity index (χ0v) is 15.6. The highest BCUT2D eigenvalue weighted by molar-refractivity contribution is 7.11. The van der Waals surface area contributed by atoms with Crippen LogP contribution in [0.3, 0.4) is 0 Å². The smallest absolute Gasteiger partial charge is 0.267 e. The predicted molar refractivity (Wildman–Crippen MR) is 111 cm³/mol. The lowest BCUT2D eigenvalue weighted by atomic mass is 10.1. The molecule has 6 nitrogen and oxygen atoms in total. The van der Waals surface area contributed by atoms with Gasteiger partial charge in [-0.2, -0.15) is 10.2 Å². The molecule has 0 radical (unpaired) electrons. The highest BCUT2D eigenvalue weighted by atomic mass is 32.1. The summed E-state index contributed by atoms with van der Waals surface area (Å²) in [4.78, 5) is 26.4. The third-order valence-corrected chi connectivity index (χ3v) is 4.97. The second-order valence-corrected chi connectivity index (χ2v) is 7.04. The van der Waals surface area contributed by atoms with E-state index in [0.29, 0.717) is 10.8 Å². The van der Waals surface area contributed by atoms with Crippen molar-refractivity contribution in [2.75, 3.05) is 0 Å². The fourth-order valence-electron chi connectivity index (χ4n) is 2.84. The number of carbonyl (C=O) groups is 1. The summed E-state index contributed by atoms with van der Waals surface area (Å²) < 4.78 is 1.32. The number of aromatic nitrogens is 2. The van der Waals surface area contributed by atoms with E-state index in [1.165, 1.54) is 16.0 Å². The molecular weight excluding hydrogens is 372 g/mol. The highest BCUT2D eigenvalue weighted by Crippen LogP contribution is 2.14. The SMILES string of the molecule is O=C(NN=Cc1cccs1)c1nn(Cc2ccccc2)c(=O)c2ccccc12. The Hall–Kier alpha value is -3.58. The number of thiophene rings is 1. The number of fused-ring (bicyclic) bond motifs is 1. The summed E-state index contributed by atoms with van der Waals surface area (Å²) >= 11 is 1.52. The average Bonchev–Trinajstić information content (AvgIpc) is 3.24. The fourth-order valence-corrected chi connectivity index (χ4v) is 3.42. The molecule has 4 rings (SSSR count). The van der Waals surface area contributed by atoms with E-state index in [2.05, 4.69) is 15.6 Å². The Morgan fingerprint density at radius 2 is 1.79 bits per heavy atom. The Morgan fingerprint density at radius 3 is 2.54 bits per heavy atom. The van der Waals surface area contributed by atoms with E-state index >= 15 is 0 Å². The molecule has 28 heavy (non-hydrogen) atoms. The summed E-state index contributed by atoms with van der Waals surface area (Å²) in [5, 5.41) is 11.2. The summed E-state index contributed by atoms with van der Waals surface area (Å²) in [5.41, 5.74) is 3.35. The zero-order valence-electron chi connectivity index (χ0n) is 14.8. The first-order valence-corrected chi connectivity index (χ1v) is 9.51. The lowest BCUT2D eigenvalue weighted by Crippen LogP contribution is -2.29. The maximum atomic E-state index is 12.8. The number of benzene rings is 2. The topological polar surface area (TPSA) is 76.3 Å². The van der Waals surface area contributed by atoms with Crippen LogP contribution in [0.4, 0.5) is 0 Å². The van der Waals surface area contributed by atoms with Gasteiger partial charge in [-0.15, -0.1) is 11.3 Å². The Kier molecular flexibility index (Phi) is 5.07. The van der Waals surface area contributed by atoms with Crippen molar-refractivity contribution >= 4 is 34.2 Å². The molecule has 1 amide bonds. The molecule has 0 aliphatic heterocycles. The first kappa shape index (κ1) is 17.8. The molecule has 138 valence electrons. The largest absolute Gasteiger partial charge is 0.292 e. The average molecular weight is 388 g/mol. The monoisotopic (exact) mass is 388 g/mol. The van der Waals surface area contributed by atoms with Crippen molar-refractivity contribution in [3.05, 3.63) is 98.6 Å². The van der Waals surface area contributed by atoms with Crippen molar-refractivity contribution in [2.45, 2.75) is 6.54 Å². The minimum atomic E-state index is -0.467. The summed E-state index contributed by atoms with van der Waals surface area (Å²) in [6.45, 7) is 0.281. The van der Waals surface area contributed by atoms with Crippen LogP contribution in [0.15, 0.2) is 82.0 Å². The van der Waals surface area contributed by atoms with Crippen molar-refractivity contribution in [1.29, 1.82) is 0 Å². The minimum absolute atomic E-state index is 0.162. The van der Waals surface area contributed by atoms with E-state index in [4.69, 9.17) is 0 Å². The van der Waals surface area contributed by atoms with E-state index in [0.717, 1.165) is 10.4 Å². The number of hydrazone groups is 1. The molecule has 0 unspecified atom stereocenters. The van der Waals surface area contributed by atoms with Gasteiger partial charge >= 0.3 is 0 Å². The van der Waals surface area contributed by atoms with Gasteiger partial charge in [0.15, 0.2) is 5.69 Å². The molecule has 0 fully saturated rings. The third-order valence-electron chi connectivity index (χ3n) is 4.16. The molecule has 0 saturated carbocycles. The number of amides is 1. The molecule has 1 N–H and O–H groups in total. The number of hydrogen-bond donors (Lipinski definition) is 1. The molecule has 2 aromatic heterocycles. The maximum Gasteiger partial charge on any atom is 0.292 e. The van der Waals surface area contributed by atoms with E-state index in [-0.39, 0.29) is 17.8 Å². The van der Waals surface area contributed by atoms with Crippen LogP contribution in [-0.2, 0) is 6.54 Å². The lowest BCUT2D eigenvalue weighted by molar-refractivity contribution is 0.0949. The van der Waals surface area contributed by atoms with Gasteiger partial charge in [0.1, 0.15) is 0 Å². The first-order valence-electron chi connectivity index (χ1n) is 8.63. The Bertz CT molecular complexity index is 1200. The molecule has 0 bridgehead atoms. The number of carbonyl (C=O) groups excluding carboxylic acids is 1. The second-order valence-electron chi connectivity index (χ2n) is 6.06. The molecule has 2 heterocycles. The summed E-state index contributed by atoms with van der Waals surface area (Å²) in [6, 6.07) is 20.3. The second kappa shape index (κ2) is 7.98. The highest BCUT2D eigenvalue weighted by Gasteiger charge is 2.16. The molecule has 0 aliphatic carbocycles. The van der Waals surface area contributed by atoms with Crippen molar-refractivity contribution in [1.82, 2.24) is 15.2 Å². The molecule has 4 aromatic rings. The molecular formula is C21H16N4O2S. The predicted octanol–water partition coefficient (Wildman–Crippen LogP) is 3.27. The quantitative estimate of drug-likeness (QED) is 0.421. The minimum Gasteiger partial charge on any atom is -0.267 e. The number of rotatable bonds is 5. The van der Waals surface area contributed by atoms with Crippen LogP contribution in [0, 0.1) is 0 Å². The van der Waals surface area contributed by atoms with Gasteiger partial charge in [0.25, 0.3) is 11.5 Å². The van der Waals surface area contributed by atoms with Gasteiger partial charge in [0.05, 0.1) is 18.1 Å². The van der Waals surface area contributed by atoms with Crippen LogP contribution in [0.2, 0.25) is 0 Å². The molecule has 0 atom stereocenters. The van der Waals surface area contributed by atoms with E-state index in [1.807, 2.05) is 47.8 Å². The molecule has 0 saturated heterocycles. The molecule has 0 spiro atoms. The van der Waals surface area contributed by atoms with Gasteiger partial charge in [-0.3, -0.25) is 9.59 Å². The van der Waals surface area contributed by atoms with E-state index in [9.17, 15) is 9.59 Å². The van der Waals surface area contributed by atoms with Crippen molar-refractivity contribution in [3.8, 4) is 0 Å². The molecule has 2 aromatic carbocycles. The van der Waals surface area contributed by atoms with Crippen molar-refractivity contribution in [3.63, 3.8) is 0 Å². The summed E-state index contributed by atoms with van der Waals surface area (Å²) in [5.74, 6) is -0.467. The molecule has 0 aliphatic rings. The Balaban J connectivity index is 1.71. The van der Waals surface area contributed by atoms with Gasteiger partial charge in [0, 0.05) is 10.3 Å². The summed E-state index contributed by atoms with van der Waals surface area (Å²) in [7, 11) is 0. The normalized spacial score (nSPS) is 11.1. The lowest BCUT2D eigenvalue weighted by Gasteiger charge is -2.10. The van der Waals surface area contributed by atoms with Crippen LogP contribution in [0.1, 0.15) is 20.9 Å². The van der Waals surface area contributed by atoms with Crippen molar-refractivity contribution in [2.24, 2.45) is 5.10 Å². The molecule has 7 heteroatoms. The van der Waals surface area contributed by atoms with Gasteiger partial charge in [0.2, 0.25) is 0 Å². The van der Waals surface area contributed by atoms with Crippen LogP contribution < -0.4 is 11.0 Å². The Morgan fingerprint density at radius 1 is 1.04 bits per heavy atom. The van der Waals surface area contributed by atoms with Gasteiger partial charge < -0.3 is 0 Å². The van der Waals surface area contributed by atoms with E-state index < -0.39 is 5.91 Å². The van der Waals surface area contributed by atoms with Gasteiger partial charge in [-0.1, -0.05) is 54.6 Å². The van der Waals surface area contributed by atoms with E-state index in [1.54, 1.807) is 30.5 Å². The van der Waals surface area contributed by atoms with Crippen LogP contribution in [0.5, 0.6) is 0 Å². The van der Waals surface area contributed by atoms with Crippen LogP contribution >= 0.6 is 11.3 Å².